The van der Waals surface area contributed by atoms with Crippen LogP contribution in [0.3, 0.4) is 0 Å². The zero-order valence-corrected chi connectivity index (χ0v) is 30.4. The number of methoxy groups -OCH3 is 1. The highest BCUT2D eigenvalue weighted by Gasteiger charge is 2.41. The number of aryl methyl sites for hydroxylation is 1. The van der Waals surface area contributed by atoms with Crippen LogP contribution in [-0.4, -0.2) is 106 Å². The van der Waals surface area contributed by atoms with Gasteiger partial charge in [-0.15, -0.1) is 0 Å². The van der Waals surface area contributed by atoms with Crippen molar-refractivity contribution in [2.24, 2.45) is 11.8 Å². The Bertz CT molecular complexity index is 1680. The van der Waals surface area contributed by atoms with E-state index in [2.05, 4.69) is 72.4 Å². The van der Waals surface area contributed by atoms with Crippen molar-refractivity contribution >= 4 is 57.2 Å². The number of halogens is 1. The maximum Gasteiger partial charge on any atom is 0.229 e. The summed E-state index contributed by atoms with van der Waals surface area (Å²) in [6, 6.07) is 8.61. The number of piperidine rings is 1. The van der Waals surface area contributed by atoms with Crippen LogP contribution in [0, 0.1) is 18.8 Å². The molecule has 0 aliphatic carbocycles. The van der Waals surface area contributed by atoms with Gasteiger partial charge >= 0.3 is 0 Å². The zero-order valence-electron chi connectivity index (χ0n) is 27.9. The summed E-state index contributed by atoms with van der Waals surface area (Å²) in [6.07, 6.45) is 4.07. The first kappa shape index (κ1) is 32.5. The number of benzene rings is 2. The summed E-state index contributed by atoms with van der Waals surface area (Å²) in [5, 5.41) is 7.34. The quantitative estimate of drug-likeness (QED) is 0.287. The number of likely N-dealkylation sites (tertiary alicyclic amines) is 2. The van der Waals surface area contributed by atoms with E-state index < -0.39 is 7.14 Å². The van der Waals surface area contributed by atoms with E-state index in [1.807, 2.05) is 12.1 Å². The van der Waals surface area contributed by atoms with Crippen molar-refractivity contribution in [3.8, 4) is 17.2 Å². The predicted octanol–water partition coefficient (Wildman–Crippen LogP) is 5.52. The van der Waals surface area contributed by atoms with E-state index in [9.17, 15) is 4.57 Å². The van der Waals surface area contributed by atoms with E-state index in [0.717, 1.165) is 36.4 Å². The lowest BCUT2D eigenvalue weighted by atomic mass is 10.0. The van der Waals surface area contributed by atoms with Crippen LogP contribution in [0.25, 0.3) is 0 Å². The van der Waals surface area contributed by atoms with Gasteiger partial charge < -0.3 is 39.2 Å². The van der Waals surface area contributed by atoms with Crippen molar-refractivity contribution in [3.63, 3.8) is 0 Å². The first-order chi connectivity index (χ1) is 22.6. The van der Waals surface area contributed by atoms with Gasteiger partial charge in [-0.25, -0.2) is 4.98 Å². The van der Waals surface area contributed by atoms with Crippen LogP contribution in [0.15, 0.2) is 34.9 Å². The maximum absolute atomic E-state index is 13.4. The molecule has 2 N–H and O–H groups in total. The van der Waals surface area contributed by atoms with Crippen LogP contribution >= 0.6 is 23.1 Å². The highest BCUT2D eigenvalue weighted by atomic mass is 79.9. The molecule has 11 nitrogen and oxygen atoms in total. The van der Waals surface area contributed by atoms with Gasteiger partial charge in [0.2, 0.25) is 5.95 Å². The second-order valence-electron chi connectivity index (χ2n) is 13.7. The van der Waals surface area contributed by atoms with E-state index in [-0.39, 0.29) is 0 Å². The molecule has 3 fully saturated rings. The summed E-state index contributed by atoms with van der Waals surface area (Å²) in [5.41, 5.74) is 3.81. The molecule has 2 aromatic carbocycles. The van der Waals surface area contributed by atoms with Crippen LogP contribution in [-0.2, 0) is 4.57 Å². The highest BCUT2D eigenvalue weighted by molar-refractivity contribution is 9.10. The van der Waals surface area contributed by atoms with Crippen molar-refractivity contribution < 1.29 is 18.8 Å². The van der Waals surface area contributed by atoms with Gasteiger partial charge in [-0.05, 0) is 91.7 Å². The van der Waals surface area contributed by atoms with Gasteiger partial charge in [0.1, 0.15) is 31.9 Å². The maximum atomic E-state index is 13.4. The van der Waals surface area contributed by atoms with E-state index in [1.54, 1.807) is 26.6 Å². The molecule has 252 valence electrons. The lowest BCUT2D eigenvalue weighted by Crippen LogP contribution is -2.45. The smallest absolute Gasteiger partial charge is 0.229 e. The molecule has 1 aromatic heterocycles. The molecule has 3 aromatic rings. The second kappa shape index (κ2) is 13.1. The van der Waals surface area contributed by atoms with Crippen LogP contribution < -0.4 is 35.0 Å². The van der Waals surface area contributed by atoms with Crippen molar-refractivity contribution in [2.45, 2.75) is 25.8 Å². The SMILES string of the molecule is COc1cc(N2CCC(N3CC4CN(C)C[C@H]4C3)CC2)c(C)cc1Nc1ncc(Br)c(Nc2ccc3c(c2P(C)(C)=O)OCCO3)n1. The summed E-state index contributed by atoms with van der Waals surface area (Å²) < 4.78 is 31.6. The molecule has 4 aliphatic rings. The normalized spacial score (nSPS) is 22.0. The fourth-order valence-electron chi connectivity index (χ4n) is 7.82. The summed E-state index contributed by atoms with van der Waals surface area (Å²) in [4.78, 5) is 17.1. The molecule has 4 aliphatic heterocycles. The van der Waals surface area contributed by atoms with Gasteiger partial charge in [0.15, 0.2) is 11.5 Å². The summed E-state index contributed by atoms with van der Waals surface area (Å²) in [7, 11) is 1.21. The van der Waals surface area contributed by atoms with Gasteiger partial charge in [-0.3, -0.25) is 4.90 Å². The zero-order chi connectivity index (χ0) is 32.9. The summed E-state index contributed by atoms with van der Waals surface area (Å²) in [5.74, 6) is 4.48. The number of anilines is 5. The third kappa shape index (κ3) is 6.67. The number of ether oxygens (including phenoxy) is 3. The molecule has 5 heterocycles. The molecular weight excluding hydrogens is 681 g/mol. The van der Waals surface area contributed by atoms with Gasteiger partial charge in [0, 0.05) is 63.3 Å². The van der Waals surface area contributed by atoms with Crippen LogP contribution in [0.4, 0.5) is 28.8 Å². The number of hydrogen-bond acceptors (Lipinski definition) is 11. The van der Waals surface area contributed by atoms with Gasteiger partial charge in [-0.2, -0.15) is 4.98 Å². The molecular formula is C34H45BrN7O4P. The average Bonchev–Trinajstić information content (AvgIpc) is 3.60. The Morgan fingerprint density at radius 1 is 1.00 bits per heavy atom. The van der Waals surface area contributed by atoms with E-state index in [0.29, 0.717) is 58.0 Å². The Labute approximate surface area is 285 Å². The van der Waals surface area contributed by atoms with Crippen LogP contribution in [0.2, 0.25) is 0 Å². The Kier molecular flexibility index (Phi) is 9.06. The monoisotopic (exact) mass is 725 g/mol. The van der Waals surface area contributed by atoms with Crippen molar-refractivity contribution in [1.29, 1.82) is 0 Å². The number of nitrogens with one attached hydrogen (secondary N) is 2. The average molecular weight is 727 g/mol. The van der Waals surface area contributed by atoms with Crippen LogP contribution in [0.1, 0.15) is 18.4 Å². The lowest BCUT2D eigenvalue weighted by molar-refractivity contribution is 0.173. The minimum absolute atomic E-state index is 0.402. The Hall–Kier alpha value is -3.05. The second-order valence-corrected chi connectivity index (χ2v) is 17.7. The molecule has 7 rings (SSSR count). The molecule has 0 radical (unpaired) electrons. The third-order valence-corrected chi connectivity index (χ3v) is 12.1. The van der Waals surface area contributed by atoms with Crippen LogP contribution in [0.5, 0.6) is 17.2 Å². The molecule has 13 heteroatoms. The van der Waals surface area contributed by atoms with Crippen molar-refractivity contribution in [1.82, 2.24) is 19.8 Å². The third-order valence-electron chi connectivity index (χ3n) is 10.0. The number of nitrogens with zero attached hydrogens (tertiary/aromatic N) is 5. The summed E-state index contributed by atoms with van der Waals surface area (Å²) >= 11 is 3.58. The first-order valence-corrected chi connectivity index (χ1v) is 19.9. The number of hydrogen-bond donors (Lipinski definition) is 2. The molecule has 0 amide bonds. The topological polar surface area (TPSA) is 104 Å². The lowest BCUT2D eigenvalue weighted by Gasteiger charge is -2.39. The Morgan fingerprint density at radius 2 is 1.72 bits per heavy atom. The fraction of sp³-hybridized carbons (Fsp3) is 0.529. The molecule has 0 bridgehead atoms. The van der Waals surface area contributed by atoms with Gasteiger partial charge in [-0.1, -0.05) is 0 Å². The van der Waals surface area contributed by atoms with Crippen molar-refractivity contribution in [2.75, 3.05) is 95.5 Å². The molecule has 3 saturated heterocycles. The Morgan fingerprint density at radius 3 is 2.43 bits per heavy atom. The highest BCUT2D eigenvalue weighted by Crippen LogP contribution is 2.47. The van der Waals surface area contributed by atoms with Gasteiger partial charge in [0.05, 0.1) is 28.3 Å². The largest absolute Gasteiger partial charge is 0.494 e. The predicted molar refractivity (Wildman–Crippen MR) is 192 cm³/mol. The molecule has 47 heavy (non-hydrogen) atoms. The molecule has 0 saturated carbocycles. The summed E-state index contributed by atoms with van der Waals surface area (Å²) in [6.45, 7) is 13.6. The van der Waals surface area contributed by atoms with Crippen molar-refractivity contribution in [3.05, 3.63) is 40.5 Å². The number of rotatable bonds is 8. The number of aromatic nitrogens is 2. The first-order valence-electron chi connectivity index (χ1n) is 16.5. The molecule has 1 unspecified atom stereocenters. The Balaban J connectivity index is 1.06. The minimum Gasteiger partial charge on any atom is -0.494 e. The fourth-order valence-corrected chi connectivity index (χ4v) is 9.48. The van der Waals surface area contributed by atoms with E-state index in [1.165, 1.54) is 50.3 Å². The van der Waals surface area contributed by atoms with E-state index >= 15 is 0 Å². The van der Waals surface area contributed by atoms with E-state index in [4.69, 9.17) is 19.2 Å². The minimum atomic E-state index is -2.75. The van der Waals surface area contributed by atoms with Gasteiger partial charge in [0.25, 0.3) is 0 Å². The number of fused-ring (bicyclic) bond motifs is 2. The molecule has 0 spiro atoms. The standard InChI is InChI=1S/C34H45BrN7O4P/c1-21-14-27(30(44-3)15-28(21)41-10-8-24(9-11-41)42-19-22-17-40(2)18-23(22)20-42)38-34-36-16-25(35)33(39-34)37-26-6-7-29-31(46-13-12-45-29)32(26)47(4,5)43/h6-7,14-16,22-24H,8-13,17-20H2,1-5H3,(H2,36,37,38,39)/t22-,23?/m0/s1. The molecule has 2 atom stereocenters.